The standard InChI is InChI=1S/C8H8.BH2O2/c1-5-3-7-4-8(7)6(5)2;2-1-3/h3-4H,1-2H3;2-3H. The fourth-order valence-corrected chi connectivity index (χ4v) is 1.12. The maximum absolute atomic E-state index is 7.00. The lowest BCUT2D eigenvalue weighted by atomic mass is 10.2. The highest BCUT2D eigenvalue weighted by molar-refractivity contribution is 6.13. The van der Waals surface area contributed by atoms with E-state index in [-0.39, 0.29) is 7.69 Å². The first kappa shape index (κ1) is 8.30. The number of rotatable bonds is 0. The molecular formula is C8H10BO2. The van der Waals surface area contributed by atoms with Crippen molar-refractivity contribution in [3.63, 3.8) is 0 Å². The Hall–Kier alpha value is -0.795. The molecule has 2 N–H and O–H groups in total. The number of hydrogen-bond acceptors (Lipinski definition) is 2. The molecule has 0 aromatic rings. The van der Waals surface area contributed by atoms with Gasteiger partial charge in [-0.05, 0) is 42.2 Å². The van der Waals surface area contributed by atoms with Gasteiger partial charge >= 0.3 is 7.69 Å². The molecule has 11 heavy (non-hydrogen) atoms. The van der Waals surface area contributed by atoms with E-state index in [1.54, 1.807) is 0 Å². The van der Waals surface area contributed by atoms with E-state index < -0.39 is 0 Å². The Morgan fingerprint density at radius 3 is 1.91 bits per heavy atom. The summed E-state index contributed by atoms with van der Waals surface area (Å²) in [6.07, 6.45) is 0. The van der Waals surface area contributed by atoms with Crippen molar-refractivity contribution in [3.05, 3.63) is 23.3 Å². The van der Waals surface area contributed by atoms with Crippen LogP contribution in [0.2, 0.25) is 0 Å². The Morgan fingerprint density at radius 2 is 1.73 bits per heavy atom. The number of fused-ring (bicyclic) bond motifs is 1. The van der Waals surface area contributed by atoms with E-state index in [4.69, 9.17) is 10.0 Å². The molecule has 0 bridgehead atoms. The molecule has 0 aliphatic heterocycles. The second kappa shape index (κ2) is 3.07. The molecule has 0 saturated carbocycles. The monoisotopic (exact) mass is 149 g/mol. The van der Waals surface area contributed by atoms with Gasteiger partial charge in [0.05, 0.1) is 0 Å². The van der Waals surface area contributed by atoms with E-state index in [0.717, 1.165) is 0 Å². The first-order chi connectivity index (χ1) is 5.20. The summed E-state index contributed by atoms with van der Waals surface area (Å²) in [4.78, 5) is 0. The largest absolute Gasteiger partial charge is 0.482 e. The average molecular weight is 149 g/mol. The lowest BCUT2D eigenvalue weighted by Gasteiger charge is -1.83. The first-order valence-corrected chi connectivity index (χ1v) is 3.42. The average Bonchev–Trinajstić information content (AvgIpc) is 2.62. The minimum atomic E-state index is 0. The summed E-state index contributed by atoms with van der Waals surface area (Å²) in [5.74, 6) is 0. The normalized spacial score (nSPS) is 9.82. The van der Waals surface area contributed by atoms with Crippen molar-refractivity contribution in [1.29, 1.82) is 0 Å². The molecule has 57 valence electrons. The third-order valence-electron chi connectivity index (χ3n) is 1.90. The van der Waals surface area contributed by atoms with Crippen LogP contribution in [0.5, 0.6) is 0 Å². The molecule has 2 nitrogen and oxygen atoms in total. The smallest absolute Gasteiger partial charge is 0.429 e. The first-order valence-electron chi connectivity index (χ1n) is 3.42. The maximum atomic E-state index is 7.00. The van der Waals surface area contributed by atoms with E-state index in [1.165, 1.54) is 22.3 Å². The van der Waals surface area contributed by atoms with E-state index in [1.807, 2.05) is 0 Å². The zero-order chi connectivity index (χ0) is 8.43. The second-order valence-electron chi connectivity index (χ2n) is 2.58. The summed E-state index contributed by atoms with van der Waals surface area (Å²) in [7, 11) is 0. The van der Waals surface area contributed by atoms with Crippen LogP contribution in [0.25, 0.3) is 11.1 Å². The predicted octanol–water partition coefficient (Wildman–Crippen LogP) is 0.789. The quantitative estimate of drug-likeness (QED) is 0.543. The summed E-state index contributed by atoms with van der Waals surface area (Å²) in [6, 6.07) is 4.47. The molecule has 0 heterocycles. The van der Waals surface area contributed by atoms with Crippen molar-refractivity contribution in [2.24, 2.45) is 0 Å². The predicted molar refractivity (Wildman–Crippen MR) is 45.1 cm³/mol. The Morgan fingerprint density at radius 1 is 1.18 bits per heavy atom. The van der Waals surface area contributed by atoms with Gasteiger partial charge in [0.25, 0.3) is 0 Å². The summed E-state index contributed by atoms with van der Waals surface area (Å²) >= 11 is 0. The fourth-order valence-electron chi connectivity index (χ4n) is 1.12. The van der Waals surface area contributed by atoms with Crippen LogP contribution in [0.4, 0.5) is 0 Å². The van der Waals surface area contributed by atoms with Crippen molar-refractivity contribution in [2.45, 2.75) is 13.8 Å². The summed E-state index contributed by atoms with van der Waals surface area (Å²) < 4.78 is 0. The molecule has 1 radical (unpaired) electrons. The van der Waals surface area contributed by atoms with Crippen LogP contribution in [0, 0.1) is 13.8 Å². The molecule has 0 spiro atoms. The van der Waals surface area contributed by atoms with Crippen LogP contribution in [0.3, 0.4) is 0 Å². The van der Waals surface area contributed by atoms with E-state index in [9.17, 15) is 0 Å². The van der Waals surface area contributed by atoms with Crippen molar-refractivity contribution >= 4 is 7.69 Å². The molecule has 0 atom stereocenters. The minimum absolute atomic E-state index is 0. The van der Waals surface area contributed by atoms with Crippen LogP contribution >= 0.6 is 0 Å². The molecule has 2 aliphatic carbocycles. The molecular weight excluding hydrogens is 139 g/mol. The molecule has 0 fully saturated rings. The highest BCUT2D eigenvalue weighted by Gasteiger charge is 2.16. The lowest BCUT2D eigenvalue weighted by Crippen LogP contribution is -1.75. The van der Waals surface area contributed by atoms with E-state index in [2.05, 4.69) is 26.0 Å². The number of benzene rings is 1. The van der Waals surface area contributed by atoms with Gasteiger partial charge in [-0.25, -0.2) is 0 Å². The van der Waals surface area contributed by atoms with Crippen LogP contribution in [0.15, 0.2) is 12.1 Å². The van der Waals surface area contributed by atoms with Gasteiger partial charge in [0.2, 0.25) is 0 Å². The van der Waals surface area contributed by atoms with Gasteiger partial charge in [-0.1, -0.05) is 6.07 Å². The minimum Gasteiger partial charge on any atom is -0.429 e. The van der Waals surface area contributed by atoms with Gasteiger partial charge in [-0.15, -0.1) is 0 Å². The maximum Gasteiger partial charge on any atom is 0.482 e. The van der Waals surface area contributed by atoms with Gasteiger partial charge in [0, 0.05) is 0 Å². The van der Waals surface area contributed by atoms with Crippen molar-refractivity contribution in [3.8, 4) is 11.1 Å². The van der Waals surface area contributed by atoms with Crippen molar-refractivity contribution < 1.29 is 10.0 Å². The topological polar surface area (TPSA) is 40.5 Å². The van der Waals surface area contributed by atoms with Crippen LogP contribution in [0.1, 0.15) is 11.1 Å². The van der Waals surface area contributed by atoms with Crippen molar-refractivity contribution in [2.75, 3.05) is 0 Å². The van der Waals surface area contributed by atoms with Gasteiger partial charge < -0.3 is 10.0 Å². The SMILES string of the molecule is Cc1cc2cc-2c1C.O[B]O. The number of aryl methyl sites for hydroxylation is 1. The molecule has 2 aliphatic rings. The van der Waals surface area contributed by atoms with Crippen LogP contribution in [-0.2, 0) is 0 Å². The van der Waals surface area contributed by atoms with Gasteiger partial charge in [-0.2, -0.15) is 0 Å². The fraction of sp³-hybridized carbons (Fsp3) is 0.250. The molecule has 0 amide bonds. The lowest BCUT2D eigenvalue weighted by molar-refractivity contribution is 0.448. The van der Waals surface area contributed by atoms with E-state index in [0.29, 0.717) is 0 Å². The highest BCUT2D eigenvalue weighted by atomic mass is 16.4. The molecule has 0 unspecified atom stereocenters. The zero-order valence-electron chi connectivity index (χ0n) is 6.63. The van der Waals surface area contributed by atoms with Crippen LogP contribution in [-0.4, -0.2) is 17.7 Å². The third kappa shape index (κ3) is 1.61. The summed E-state index contributed by atoms with van der Waals surface area (Å²) in [6.45, 7) is 4.34. The highest BCUT2D eigenvalue weighted by Crippen LogP contribution is 2.40. The molecule has 0 aromatic heterocycles. The number of hydrogen-bond donors (Lipinski definition) is 2. The van der Waals surface area contributed by atoms with E-state index >= 15 is 0 Å². The Kier molecular flexibility index (Phi) is 2.32. The Labute approximate surface area is 66.8 Å². The van der Waals surface area contributed by atoms with Gasteiger partial charge in [-0.3, -0.25) is 0 Å². The summed E-state index contributed by atoms with van der Waals surface area (Å²) in [5, 5.41) is 14.0. The van der Waals surface area contributed by atoms with Gasteiger partial charge in [0.15, 0.2) is 0 Å². The second-order valence-corrected chi connectivity index (χ2v) is 2.58. The summed E-state index contributed by atoms with van der Waals surface area (Å²) in [5.41, 5.74) is 5.86. The third-order valence-corrected chi connectivity index (χ3v) is 1.90. The molecule has 2 rings (SSSR count). The zero-order valence-corrected chi connectivity index (χ0v) is 6.63. The molecule has 0 saturated heterocycles. The Balaban J connectivity index is 0.000000179. The molecule has 0 aromatic carbocycles. The molecule has 3 heteroatoms. The van der Waals surface area contributed by atoms with Crippen LogP contribution < -0.4 is 0 Å². The Bertz CT molecular complexity index is 271. The van der Waals surface area contributed by atoms with Gasteiger partial charge in [0.1, 0.15) is 0 Å². The van der Waals surface area contributed by atoms with Crippen molar-refractivity contribution in [1.82, 2.24) is 0 Å².